The molecule has 0 radical (unpaired) electrons. The minimum absolute atomic E-state index is 0.0000422. The van der Waals surface area contributed by atoms with Gasteiger partial charge in [-0.05, 0) is 56.2 Å². The van der Waals surface area contributed by atoms with Gasteiger partial charge in [-0.2, -0.15) is 5.10 Å². The molecule has 0 atom stereocenters. The Bertz CT molecular complexity index is 1420. The Morgan fingerprint density at radius 1 is 1.03 bits per heavy atom. The summed E-state index contributed by atoms with van der Waals surface area (Å²) in [5.41, 5.74) is 2.08. The molecule has 38 heavy (non-hydrogen) atoms. The van der Waals surface area contributed by atoms with Gasteiger partial charge in [-0.15, -0.1) is 0 Å². The maximum atomic E-state index is 13.2. The molecule has 3 aromatic rings. The number of rotatable bonds is 2. The van der Waals surface area contributed by atoms with E-state index in [1.54, 1.807) is 18.2 Å². The van der Waals surface area contributed by atoms with E-state index in [-0.39, 0.29) is 29.2 Å². The Labute approximate surface area is 222 Å². The van der Waals surface area contributed by atoms with E-state index in [1.807, 2.05) is 35.2 Å². The molecule has 198 valence electrons. The molecular formula is C30H34N4O4. The summed E-state index contributed by atoms with van der Waals surface area (Å²) in [5.74, 6) is 0.480. The van der Waals surface area contributed by atoms with Gasteiger partial charge < -0.3 is 15.0 Å². The van der Waals surface area contributed by atoms with Crippen LogP contribution in [0.1, 0.15) is 55.1 Å². The number of likely N-dealkylation sites (tertiary alicyclic amines) is 1. The zero-order valence-electron chi connectivity index (χ0n) is 21.8. The third kappa shape index (κ3) is 5.64. The minimum atomic E-state index is -0.254. The van der Waals surface area contributed by atoms with Gasteiger partial charge in [0, 0.05) is 31.4 Å². The highest BCUT2D eigenvalue weighted by Gasteiger charge is 2.36. The lowest BCUT2D eigenvalue weighted by Crippen LogP contribution is -2.48. The van der Waals surface area contributed by atoms with Crippen molar-refractivity contribution in [1.82, 2.24) is 20.4 Å². The summed E-state index contributed by atoms with van der Waals surface area (Å²) in [5, 5.41) is 11.1. The van der Waals surface area contributed by atoms with Gasteiger partial charge in [0.15, 0.2) is 0 Å². The van der Waals surface area contributed by atoms with Crippen LogP contribution < -0.4 is 15.6 Å². The van der Waals surface area contributed by atoms with E-state index in [1.165, 1.54) is 5.57 Å². The monoisotopic (exact) mass is 514 g/mol. The van der Waals surface area contributed by atoms with Gasteiger partial charge in [-0.1, -0.05) is 42.0 Å². The van der Waals surface area contributed by atoms with Crippen LogP contribution in [0.25, 0.3) is 10.8 Å². The first-order valence-electron chi connectivity index (χ1n) is 13.3. The Balaban J connectivity index is 1.29. The lowest BCUT2D eigenvalue weighted by Gasteiger charge is -2.42. The van der Waals surface area contributed by atoms with Crippen LogP contribution in [-0.2, 0) is 11.2 Å². The van der Waals surface area contributed by atoms with Gasteiger partial charge in [-0.3, -0.25) is 14.4 Å². The molecule has 0 bridgehead atoms. The average Bonchev–Trinajstić information content (AvgIpc) is 2.94. The number of nitrogens with one attached hydrogen (secondary N) is 2. The average molecular weight is 515 g/mol. The summed E-state index contributed by atoms with van der Waals surface area (Å²) in [6.45, 7) is 4.47. The number of ether oxygens (including phenoxy) is 1. The molecule has 0 saturated carbocycles. The second-order valence-electron chi connectivity index (χ2n) is 10.5. The normalized spacial score (nSPS) is 19.7. The largest absolute Gasteiger partial charge is 0.492 e. The quantitative estimate of drug-likeness (QED) is 0.503. The topological polar surface area (TPSA) is 104 Å². The Morgan fingerprint density at radius 2 is 1.76 bits per heavy atom. The summed E-state index contributed by atoms with van der Waals surface area (Å²) in [4.78, 5) is 40.3. The van der Waals surface area contributed by atoms with Gasteiger partial charge in [0.05, 0.1) is 29.7 Å². The molecule has 2 aliphatic rings. The lowest BCUT2D eigenvalue weighted by molar-refractivity contribution is -0.132. The molecule has 2 aliphatic heterocycles. The number of carbonyl (C=O) groups is 2. The predicted octanol–water partition coefficient (Wildman–Crippen LogP) is 4.01. The number of allylic oxidation sites excluding steroid dienone is 1. The molecule has 0 aliphatic carbocycles. The first kappa shape index (κ1) is 25.7. The van der Waals surface area contributed by atoms with Crippen molar-refractivity contribution >= 4 is 22.6 Å². The first-order valence-corrected chi connectivity index (χ1v) is 13.3. The molecule has 0 unspecified atom stereocenters. The number of para-hydroxylation sites is 1. The molecule has 1 spiro atoms. The summed E-state index contributed by atoms with van der Waals surface area (Å²) in [7, 11) is 0. The van der Waals surface area contributed by atoms with Crippen molar-refractivity contribution in [1.29, 1.82) is 0 Å². The first-order chi connectivity index (χ1) is 18.4. The van der Waals surface area contributed by atoms with Crippen LogP contribution in [0.5, 0.6) is 5.75 Å². The third-order valence-electron chi connectivity index (χ3n) is 7.95. The molecule has 8 nitrogen and oxygen atoms in total. The number of amides is 2. The number of fused-ring (bicyclic) bond motifs is 2. The van der Waals surface area contributed by atoms with Gasteiger partial charge in [-0.25, -0.2) is 5.10 Å². The zero-order valence-corrected chi connectivity index (χ0v) is 21.8. The van der Waals surface area contributed by atoms with Gasteiger partial charge in [0.1, 0.15) is 5.75 Å². The van der Waals surface area contributed by atoms with E-state index in [9.17, 15) is 14.4 Å². The lowest BCUT2D eigenvalue weighted by atomic mass is 9.74. The maximum Gasteiger partial charge on any atom is 0.272 e. The number of nitrogens with zero attached hydrogens (tertiary/aromatic N) is 2. The van der Waals surface area contributed by atoms with E-state index in [4.69, 9.17) is 4.74 Å². The molecule has 1 aromatic heterocycles. The summed E-state index contributed by atoms with van der Waals surface area (Å²) in [6, 6.07) is 14.6. The van der Waals surface area contributed by atoms with Crippen LogP contribution in [0.15, 0.2) is 65.0 Å². The van der Waals surface area contributed by atoms with E-state index >= 15 is 0 Å². The zero-order chi connectivity index (χ0) is 26.5. The smallest absolute Gasteiger partial charge is 0.272 e. The molecule has 2 aromatic carbocycles. The number of benzene rings is 2. The SMILES string of the molecule is C/C1=C\CCC2(CCN(C(=O)Cc3n[nH]c(=O)c4ccccc34)CC2)CNC(=O)c2ccccc2OCC1. The predicted molar refractivity (Wildman–Crippen MR) is 146 cm³/mol. The van der Waals surface area contributed by atoms with E-state index in [2.05, 4.69) is 28.5 Å². The molecule has 1 fully saturated rings. The fourth-order valence-electron chi connectivity index (χ4n) is 5.50. The van der Waals surface area contributed by atoms with Crippen LogP contribution in [-0.4, -0.2) is 53.2 Å². The summed E-state index contributed by atoms with van der Waals surface area (Å²) in [6.07, 6.45) is 6.73. The maximum absolute atomic E-state index is 13.2. The van der Waals surface area contributed by atoms with Crippen molar-refractivity contribution in [3.63, 3.8) is 0 Å². The second kappa shape index (κ2) is 11.2. The number of hydrogen-bond acceptors (Lipinski definition) is 5. The Kier molecular flexibility index (Phi) is 7.58. The van der Waals surface area contributed by atoms with E-state index < -0.39 is 0 Å². The van der Waals surface area contributed by atoms with Gasteiger partial charge in [0.2, 0.25) is 5.91 Å². The van der Waals surface area contributed by atoms with Crippen LogP contribution >= 0.6 is 0 Å². The molecular weight excluding hydrogens is 480 g/mol. The molecule has 8 heteroatoms. The van der Waals surface area contributed by atoms with Crippen molar-refractivity contribution in [3.05, 3.63) is 81.8 Å². The molecule has 2 amide bonds. The van der Waals surface area contributed by atoms with Crippen molar-refractivity contribution in [2.45, 2.75) is 45.4 Å². The standard InChI is InChI=1S/C30H34N4O4/c1-21-7-6-13-30(20-31-28(36)24-10-4-5-11-26(24)38-18-12-21)14-16-34(17-15-30)27(35)19-25-22-8-2-3-9-23(22)29(37)33-32-25/h2-5,7-11H,6,12-20H2,1H3,(H,31,36)(H,33,37)/b21-7+. The minimum Gasteiger partial charge on any atom is -0.492 e. The molecule has 5 rings (SSSR count). The number of carbonyl (C=O) groups excluding carboxylic acids is 2. The highest BCUT2D eigenvalue weighted by molar-refractivity contribution is 5.97. The fraction of sp³-hybridized carbons (Fsp3) is 0.400. The molecule has 1 saturated heterocycles. The summed E-state index contributed by atoms with van der Waals surface area (Å²) < 4.78 is 5.93. The highest BCUT2D eigenvalue weighted by atomic mass is 16.5. The Morgan fingerprint density at radius 3 is 2.58 bits per heavy atom. The third-order valence-corrected chi connectivity index (χ3v) is 7.95. The van der Waals surface area contributed by atoms with Crippen molar-refractivity contribution in [2.24, 2.45) is 5.41 Å². The molecule has 3 heterocycles. The number of hydrogen-bond donors (Lipinski definition) is 2. The molecule has 2 N–H and O–H groups in total. The van der Waals surface area contributed by atoms with E-state index in [0.29, 0.717) is 54.0 Å². The van der Waals surface area contributed by atoms with Crippen LogP contribution in [0.4, 0.5) is 0 Å². The number of aromatic nitrogens is 2. The van der Waals surface area contributed by atoms with Crippen molar-refractivity contribution in [2.75, 3.05) is 26.2 Å². The number of piperidine rings is 1. The number of aromatic amines is 1. The van der Waals surface area contributed by atoms with Crippen LogP contribution in [0.2, 0.25) is 0 Å². The van der Waals surface area contributed by atoms with Gasteiger partial charge in [0.25, 0.3) is 11.5 Å². The van der Waals surface area contributed by atoms with Crippen LogP contribution in [0, 0.1) is 5.41 Å². The summed E-state index contributed by atoms with van der Waals surface area (Å²) >= 11 is 0. The van der Waals surface area contributed by atoms with Crippen molar-refractivity contribution in [3.8, 4) is 5.75 Å². The fourth-order valence-corrected chi connectivity index (χ4v) is 5.50. The Hall–Kier alpha value is -3.94. The second-order valence-corrected chi connectivity index (χ2v) is 10.5. The van der Waals surface area contributed by atoms with E-state index in [0.717, 1.165) is 32.1 Å². The van der Waals surface area contributed by atoms with Gasteiger partial charge >= 0.3 is 0 Å². The van der Waals surface area contributed by atoms with Crippen molar-refractivity contribution < 1.29 is 14.3 Å². The number of H-pyrrole nitrogens is 1. The highest BCUT2D eigenvalue weighted by Crippen LogP contribution is 2.37. The van der Waals surface area contributed by atoms with Crippen LogP contribution in [0.3, 0.4) is 0 Å².